The second-order valence-corrected chi connectivity index (χ2v) is 5.67. The molecule has 104 valence electrons. The van der Waals surface area contributed by atoms with Crippen molar-refractivity contribution >= 4 is 0 Å². The molecule has 19 heavy (non-hydrogen) atoms. The number of aryl methyl sites for hydroxylation is 2. The molecule has 1 rings (SSSR count). The van der Waals surface area contributed by atoms with Crippen LogP contribution in [0.2, 0.25) is 0 Å². The van der Waals surface area contributed by atoms with Crippen molar-refractivity contribution in [3.05, 3.63) is 28.3 Å². The summed E-state index contributed by atoms with van der Waals surface area (Å²) in [6, 6.07) is 4.51. The van der Waals surface area contributed by atoms with Gasteiger partial charge in [0.25, 0.3) is 0 Å². The summed E-state index contributed by atoms with van der Waals surface area (Å²) in [7, 11) is 3.68. The number of hydrogen-bond donors (Lipinski definition) is 0. The quantitative estimate of drug-likeness (QED) is 0.833. The van der Waals surface area contributed by atoms with E-state index in [9.17, 15) is 5.26 Å². The predicted molar refractivity (Wildman–Crippen MR) is 78.4 cm³/mol. The summed E-state index contributed by atoms with van der Waals surface area (Å²) < 4.78 is 5.58. The molecule has 0 N–H and O–H groups in total. The van der Waals surface area contributed by atoms with Crippen molar-refractivity contribution in [3.63, 3.8) is 0 Å². The lowest BCUT2D eigenvalue weighted by Crippen LogP contribution is -2.39. The Hall–Kier alpha value is -1.53. The van der Waals surface area contributed by atoms with Crippen molar-refractivity contribution in [1.29, 1.82) is 5.26 Å². The molecule has 0 unspecified atom stereocenters. The van der Waals surface area contributed by atoms with E-state index in [1.165, 1.54) is 16.7 Å². The highest BCUT2D eigenvalue weighted by Crippen LogP contribution is 2.31. The van der Waals surface area contributed by atoms with Crippen molar-refractivity contribution in [2.24, 2.45) is 0 Å². The summed E-state index contributed by atoms with van der Waals surface area (Å²) >= 11 is 0. The zero-order valence-corrected chi connectivity index (χ0v) is 13.1. The van der Waals surface area contributed by atoms with Crippen LogP contribution in [0.25, 0.3) is 0 Å². The van der Waals surface area contributed by atoms with Gasteiger partial charge >= 0.3 is 0 Å². The highest BCUT2D eigenvalue weighted by atomic mass is 16.5. The molecule has 3 nitrogen and oxygen atoms in total. The van der Waals surface area contributed by atoms with Gasteiger partial charge in [0.1, 0.15) is 11.3 Å². The van der Waals surface area contributed by atoms with Crippen molar-refractivity contribution in [2.75, 3.05) is 14.2 Å². The molecule has 3 heteroatoms. The standard InChI is InChI=1S/C16H24N2O/c1-11-8-12(2)14(15(19-7)13(11)3)9-18(6)16(4,5)10-17/h8H,9H2,1-7H3. The van der Waals surface area contributed by atoms with Crippen molar-refractivity contribution in [3.8, 4) is 11.8 Å². The van der Waals surface area contributed by atoms with Crippen molar-refractivity contribution in [2.45, 2.75) is 46.7 Å². The van der Waals surface area contributed by atoms with E-state index in [4.69, 9.17) is 4.74 Å². The molecule has 0 radical (unpaired) electrons. The smallest absolute Gasteiger partial charge is 0.126 e. The minimum Gasteiger partial charge on any atom is -0.496 e. The monoisotopic (exact) mass is 260 g/mol. The Balaban J connectivity index is 3.22. The maximum atomic E-state index is 9.21. The van der Waals surface area contributed by atoms with Crippen LogP contribution < -0.4 is 4.74 Å². The lowest BCUT2D eigenvalue weighted by atomic mass is 9.97. The first-order chi connectivity index (χ1) is 8.74. The molecule has 0 aromatic heterocycles. The highest BCUT2D eigenvalue weighted by Gasteiger charge is 2.25. The van der Waals surface area contributed by atoms with Gasteiger partial charge < -0.3 is 4.74 Å². The highest BCUT2D eigenvalue weighted by molar-refractivity contribution is 5.49. The Morgan fingerprint density at radius 3 is 2.32 bits per heavy atom. The van der Waals surface area contributed by atoms with E-state index in [0.717, 1.165) is 11.3 Å². The summed E-state index contributed by atoms with van der Waals surface area (Å²) in [6.45, 7) is 10.8. The fourth-order valence-corrected chi connectivity index (χ4v) is 2.10. The third-order valence-electron chi connectivity index (χ3n) is 3.94. The molecule has 0 saturated heterocycles. The molecular formula is C16H24N2O. The molecular weight excluding hydrogens is 236 g/mol. The zero-order chi connectivity index (χ0) is 14.8. The van der Waals surface area contributed by atoms with Gasteiger partial charge in [0, 0.05) is 12.1 Å². The summed E-state index contributed by atoms with van der Waals surface area (Å²) in [5, 5.41) is 9.21. The van der Waals surface area contributed by atoms with Crippen LogP contribution in [0.15, 0.2) is 6.07 Å². The Bertz CT molecular complexity index is 512. The van der Waals surface area contributed by atoms with Crippen LogP contribution in [0.4, 0.5) is 0 Å². The van der Waals surface area contributed by atoms with Crippen LogP contribution in [0.1, 0.15) is 36.1 Å². The van der Waals surface area contributed by atoms with E-state index in [0.29, 0.717) is 6.54 Å². The predicted octanol–water partition coefficient (Wildman–Crippen LogP) is 3.35. The van der Waals surface area contributed by atoms with Gasteiger partial charge in [0.2, 0.25) is 0 Å². The Morgan fingerprint density at radius 1 is 1.26 bits per heavy atom. The van der Waals surface area contributed by atoms with E-state index < -0.39 is 5.54 Å². The molecule has 0 saturated carbocycles. The molecule has 0 bridgehead atoms. The minimum atomic E-state index is -0.490. The average Bonchev–Trinajstić information content (AvgIpc) is 2.36. The second-order valence-electron chi connectivity index (χ2n) is 5.67. The number of methoxy groups -OCH3 is 1. The SMILES string of the molecule is COc1c(C)c(C)cc(C)c1CN(C)C(C)(C)C#N. The van der Waals surface area contributed by atoms with E-state index in [-0.39, 0.29) is 0 Å². The van der Waals surface area contributed by atoms with Crippen molar-refractivity contribution in [1.82, 2.24) is 4.90 Å². The van der Waals surface area contributed by atoms with Crippen LogP contribution in [-0.4, -0.2) is 24.6 Å². The zero-order valence-electron chi connectivity index (χ0n) is 13.1. The summed E-state index contributed by atoms with van der Waals surface area (Å²) in [5.74, 6) is 0.943. The maximum Gasteiger partial charge on any atom is 0.126 e. The largest absolute Gasteiger partial charge is 0.496 e. The Labute approximate surface area is 116 Å². The van der Waals surface area contributed by atoms with Gasteiger partial charge in [-0.15, -0.1) is 0 Å². The first-order valence-corrected chi connectivity index (χ1v) is 6.50. The first kappa shape index (κ1) is 15.5. The Kier molecular flexibility index (Phi) is 4.60. The molecule has 0 spiro atoms. The molecule has 1 aromatic carbocycles. The van der Waals surface area contributed by atoms with E-state index in [2.05, 4.69) is 32.9 Å². The number of hydrogen-bond acceptors (Lipinski definition) is 3. The number of rotatable bonds is 4. The van der Waals surface area contributed by atoms with Crippen LogP contribution in [-0.2, 0) is 6.54 Å². The minimum absolute atomic E-state index is 0.490. The topological polar surface area (TPSA) is 36.3 Å². The summed E-state index contributed by atoms with van der Waals surface area (Å²) in [4.78, 5) is 2.05. The second kappa shape index (κ2) is 5.63. The number of ether oxygens (including phenoxy) is 1. The first-order valence-electron chi connectivity index (χ1n) is 6.50. The fraction of sp³-hybridized carbons (Fsp3) is 0.562. The van der Waals surface area contributed by atoms with Crippen LogP contribution in [0.5, 0.6) is 5.75 Å². The number of nitrogens with zero attached hydrogens (tertiary/aromatic N) is 2. The molecule has 0 heterocycles. The van der Waals surface area contributed by atoms with E-state index in [1.54, 1.807) is 7.11 Å². The molecule has 0 aliphatic carbocycles. The van der Waals surface area contributed by atoms with Crippen LogP contribution >= 0.6 is 0 Å². The molecule has 1 aromatic rings. The van der Waals surface area contributed by atoms with Gasteiger partial charge in [-0.2, -0.15) is 5.26 Å². The molecule has 0 atom stereocenters. The number of nitriles is 1. The van der Waals surface area contributed by atoms with Gasteiger partial charge in [-0.1, -0.05) is 6.07 Å². The molecule has 0 fully saturated rings. The van der Waals surface area contributed by atoms with Crippen molar-refractivity contribution < 1.29 is 4.74 Å². The maximum absolute atomic E-state index is 9.21. The average molecular weight is 260 g/mol. The van der Waals surface area contributed by atoms with Gasteiger partial charge in [0.05, 0.1) is 13.2 Å². The summed E-state index contributed by atoms with van der Waals surface area (Å²) in [6.07, 6.45) is 0. The van der Waals surface area contributed by atoms with Crippen LogP contribution in [0.3, 0.4) is 0 Å². The Morgan fingerprint density at radius 2 is 1.84 bits per heavy atom. The van der Waals surface area contributed by atoms with E-state index >= 15 is 0 Å². The van der Waals surface area contributed by atoms with Gasteiger partial charge in [-0.3, -0.25) is 4.90 Å². The molecule has 0 aliphatic rings. The normalized spacial score (nSPS) is 11.5. The van der Waals surface area contributed by atoms with Gasteiger partial charge in [-0.05, 0) is 58.4 Å². The lowest BCUT2D eigenvalue weighted by molar-refractivity contribution is 0.200. The van der Waals surface area contributed by atoms with Gasteiger partial charge in [-0.25, -0.2) is 0 Å². The molecule has 0 amide bonds. The third-order valence-corrected chi connectivity index (χ3v) is 3.94. The number of benzene rings is 1. The summed E-state index contributed by atoms with van der Waals surface area (Å²) in [5.41, 5.74) is 4.29. The van der Waals surface area contributed by atoms with Crippen LogP contribution in [0, 0.1) is 32.1 Å². The third kappa shape index (κ3) is 3.08. The van der Waals surface area contributed by atoms with E-state index in [1.807, 2.05) is 25.8 Å². The lowest BCUT2D eigenvalue weighted by Gasteiger charge is -2.30. The van der Waals surface area contributed by atoms with Gasteiger partial charge in [0.15, 0.2) is 0 Å². The fourth-order valence-electron chi connectivity index (χ4n) is 2.10. The molecule has 0 aliphatic heterocycles.